The number of hydrogen-bond donors (Lipinski definition) is 0. The molecule has 0 amide bonds. The van der Waals surface area contributed by atoms with Gasteiger partial charge in [0.15, 0.2) is 5.71 Å². The van der Waals surface area contributed by atoms with E-state index in [0.717, 1.165) is 6.42 Å². The van der Waals surface area contributed by atoms with Crippen molar-refractivity contribution in [3.63, 3.8) is 0 Å². The van der Waals surface area contributed by atoms with E-state index >= 15 is 0 Å². The summed E-state index contributed by atoms with van der Waals surface area (Å²) in [5, 5.41) is 2.61. The quantitative estimate of drug-likeness (QED) is 0.267. The number of hydrogen-bond acceptors (Lipinski definition) is 1. The molecule has 6 rings (SSSR count). The van der Waals surface area contributed by atoms with Gasteiger partial charge in [0.2, 0.25) is 5.69 Å². The van der Waals surface area contributed by atoms with Gasteiger partial charge in [0.05, 0.1) is 10.8 Å². The summed E-state index contributed by atoms with van der Waals surface area (Å²) in [6.07, 6.45) is 7.89. The molecule has 1 unspecified atom stereocenters. The van der Waals surface area contributed by atoms with Crippen LogP contribution in [0.15, 0.2) is 115 Å². The third-order valence-corrected chi connectivity index (χ3v) is 8.61. The SMILES string of the molecule is CN1C(=CC=CC2=[N+](C)c3c(ccc4ccccc34)C2(C)C)C(C)(Cc2ccccc2)c2ccccc21. The molecule has 1 atom stereocenters. The van der Waals surface area contributed by atoms with Crippen LogP contribution in [0.5, 0.6) is 0 Å². The average molecular weight is 484 g/mol. The Bertz CT molecular complexity index is 1600. The molecule has 0 bridgehead atoms. The van der Waals surface area contributed by atoms with Gasteiger partial charge in [0.25, 0.3) is 0 Å². The lowest BCUT2D eigenvalue weighted by Crippen LogP contribution is -2.29. The molecule has 0 aliphatic carbocycles. The van der Waals surface area contributed by atoms with E-state index in [1.54, 1.807) is 0 Å². The molecule has 0 N–H and O–H groups in total. The zero-order valence-corrected chi connectivity index (χ0v) is 22.5. The molecule has 37 heavy (non-hydrogen) atoms. The smallest absolute Gasteiger partial charge is 0.217 e. The Morgan fingerprint density at radius 2 is 1.49 bits per heavy atom. The molecule has 0 spiro atoms. The predicted octanol–water partition coefficient (Wildman–Crippen LogP) is 7.94. The molecule has 0 aromatic heterocycles. The van der Waals surface area contributed by atoms with Crippen LogP contribution >= 0.6 is 0 Å². The first-order chi connectivity index (χ1) is 17.8. The van der Waals surface area contributed by atoms with Gasteiger partial charge in [0, 0.05) is 35.5 Å². The van der Waals surface area contributed by atoms with E-state index in [9.17, 15) is 0 Å². The number of likely N-dealkylation sites (N-methyl/N-ethyl adjacent to an activating group) is 1. The van der Waals surface area contributed by atoms with Gasteiger partial charge < -0.3 is 4.90 Å². The Morgan fingerprint density at radius 3 is 2.30 bits per heavy atom. The van der Waals surface area contributed by atoms with Gasteiger partial charge in [-0.15, -0.1) is 0 Å². The lowest BCUT2D eigenvalue weighted by molar-refractivity contribution is -0.399. The van der Waals surface area contributed by atoms with E-state index in [2.05, 4.69) is 154 Å². The summed E-state index contributed by atoms with van der Waals surface area (Å²) < 4.78 is 2.39. The fraction of sp³-hybridized carbons (Fsp3) is 0.229. The number of allylic oxidation sites excluding steroid dienone is 4. The van der Waals surface area contributed by atoms with E-state index in [1.165, 1.54) is 50.2 Å². The van der Waals surface area contributed by atoms with Gasteiger partial charge in [-0.05, 0) is 61.9 Å². The molecular weight excluding hydrogens is 448 g/mol. The van der Waals surface area contributed by atoms with Crippen molar-refractivity contribution in [2.75, 3.05) is 19.0 Å². The fourth-order valence-corrected chi connectivity index (χ4v) is 6.71. The van der Waals surface area contributed by atoms with Crippen molar-refractivity contribution in [1.82, 2.24) is 0 Å². The summed E-state index contributed by atoms with van der Waals surface area (Å²) in [6.45, 7) is 7.07. The Hall–Kier alpha value is -3.91. The second kappa shape index (κ2) is 8.59. The summed E-state index contributed by atoms with van der Waals surface area (Å²) in [4.78, 5) is 2.37. The van der Waals surface area contributed by atoms with E-state index in [-0.39, 0.29) is 10.8 Å². The Morgan fingerprint density at radius 1 is 0.784 bits per heavy atom. The van der Waals surface area contributed by atoms with Crippen LogP contribution in [-0.4, -0.2) is 24.4 Å². The van der Waals surface area contributed by atoms with E-state index in [1.807, 2.05) is 0 Å². The predicted molar refractivity (Wildman–Crippen MR) is 157 cm³/mol. The van der Waals surface area contributed by atoms with Crippen molar-refractivity contribution in [3.05, 3.63) is 132 Å². The minimum absolute atomic E-state index is 0.0684. The summed E-state index contributed by atoms with van der Waals surface area (Å²) in [6, 6.07) is 33.0. The van der Waals surface area contributed by atoms with Crippen molar-refractivity contribution < 1.29 is 4.58 Å². The summed E-state index contributed by atoms with van der Waals surface area (Å²) in [5.41, 5.74) is 9.25. The van der Waals surface area contributed by atoms with Crippen molar-refractivity contribution in [2.45, 2.75) is 38.0 Å². The van der Waals surface area contributed by atoms with Crippen LogP contribution in [0.1, 0.15) is 37.5 Å². The zero-order chi connectivity index (χ0) is 25.8. The third-order valence-electron chi connectivity index (χ3n) is 8.61. The Balaban J connectivity index is 1.42. The maximum Gasteiger partial charge on any atom is 0.217 e. The summed E-state index contributed by atoms with van der Waals surface area (Å²) >= 11 is 0. The van der Waals surface area contributed by atoms with Gasteiger partial charge in [0.1, 0.15) is 7.05 Å². The van der Waals surface area contributed by atoms with Gasteiger partial charge in [-0.2, -0.15) is 4.58 Å². The summed E-state index contributed by atoms with van der Waals surface area (Å²) in [5.74, 6) is 0. The van der Waals surface area contributed by atoms with Crippen molar-refractivity contribution in [2.24, 2.45) is 0 Å². The molecule has 0 fully saturated rings. The first-order valence-electron chi connectivity index (χ1n) is 13.2. The largest absolute Gasteiger partial charge is 0.347 e. The highest BCUT2D eigenvalue weighted by atomic mass is 15.2. The number of nitrogens with zero attached hydrogens (tertiary/aromatic N) is 2. The summed E-state index contributed by atoms with van der Waals surface area (Å²) in [7, 11) is 4.42. The van der Waals surface area contributed by atoms with E-state index in [4.69, 9.17) is 0 Å². The number of fused-ring (bicyclic) bond motifs is 4. The molecule has 0 saturated carbocycles. The van der Waals surface area contributed by atoms with Gasteiger partial charge >= 0.3 is 0 Å². The normalized spacial score (nSPS) is 21.3. The highest BCUT2D eigenvalue weighted by Gasteiger charge is 2.44. The second-order valence-corrected chi connectivity index (χ2v) is 11.2. The molecule has 4 aromatic rings. The topological polar surface area (TPSA) is 6.25 Å². The Labute approximate surface area is 220 Å². The van der Waals surface area contributed by atoms with E-state index in [0.29, 0.717) is 0 Å². The molecule has 0 radical (unpaired) electrons. The van der Waals surface area contributed by atoms with Crippen LogP contribution < -0.4 is 4.90 Å². The minimum atomic E-state index is -0.0992. The fourth-order valence-electron chi connectivity index (χ4n) is 6.71. The van der Waals surface area contributed by atoms with Gasteiger partial charge in [-0.1, -0.05) is 84.9 Å². The second-order valence-electron chi connectivity index (χ2n) is 11.2. The molecule has 184 valence electrons. The Kier molecular flexibility index (Phi) is 5.45. The number of anilines is 1. The van der Waals surface area contributed by atoms with Crippen LogP contribution in [-0.2, 0) is 17.3 Å². The van der Waals surface area contributed by atoms with Crippen molar-refractivity contribution in [3.8, 4) is 0 Å². The highest BCUT2D eigenvalue weighted by Crippen LogP contribution is 2.49. The molecule has 2 heteroatoms. The molecule has 2 aliphatic heterocycles. The first-order valence-corrected chi connectivity index (χ1v) is 13.2. The van der Waals surface area contributed by atoms with Gasteiger partial charge in [-0.25, -0.2) is 0 Å². The number of rotatable bonds is 4. The minimum Gasteiger partial charge on any atom is -0.347 e. The lowest BCUT2D eigenvalue weighted by Gasteiger charge is -2.29. The van der Waals surface area contributed by atoms with Crippen LogP contribution in [0.25, 0.3) is 10.8 Å². The molecule has 0 saturated heterocycles. The first kappa shape index (κ1) is 23.5. The molecule has 2 nitrogen and oxygen atoms in total. The molecular formula is C35H35N2+. The molecule has 2 heterocycles. The zero-order valence-electron chi connectivity index (χ0n) is 22.5. The van der Waals surface area contributed by atoms with Crippen LogP contribution in [0.2, 0.25) is 0 Å². The van der Waals surface area contributed by atoms with Gasteiger partial charge in [-0.3, -0.25) is 0 Å². The average Bonchev–Trinajstić information content (AvgIpc) is 3.24. The van der Waals surface area contributed by atoms with Crippen molar-refractivity contribution in [1.29, 1.82) is 0 Å². The van der Waals surface area contributed by atoms with Crippen LogP contribution in [0.3, 0.4) is 0 Å². The van der Waals surface area contributed by atoms with Crippen LogP contribution in [0.4, 0.5) is 11.4 Å². The maximum atomic E-state index is 2.39. The number of para-hydroxylation sites is 1. The maximum absolute atomic E-state index is 2.39. The monoisotopic (exact) mass is 483 g/mol. The van der Waals surface area contributed by atoms with Crippen LogP contribution in [0, 0.1) is 0 Å². The third kappa shape index (κ3) is 3.58. The highest BCUT2D eigenvalue weighted by molar-refractivity contribution is 6.07. The van der Waals surface area contributed by atoms with Crippen molar-refractivity contribution >= 4 is 27.9 Å². The standard InChI is InChI=1S/C35H35N2/c1-34(2)29-23-22-26-16-9-10-17-27(26)33(29)37(5)31(34)20-13-21-32-35(3,24-25-14-7-6-8-15-25)28-18-11-12-19-30(28)36(32)4/h6-23H,24H2,1-5H3/q+1. The number of benzene rings is 4. The van der Waals surface area contributed by atoms with E-state index < -0.39 is 0 Å². The lowest BCUT2D eigenvalue weighted by atomic mass is 9.76. The molecule has 2 aliphatic rings. The molecule has 4 aromatic carbocycles.